The number of nitrogens with zero attached hydrogens (tertiary/aromatic N) is 2. The Morgan fingerprint density at radius 1 is 1.33 bits per heavy atom. The fourth-order valence-electron chi connectivity index (χ4n) is 3.53. The van der Waals surface area contributed by atoms with Gasteiger partial charge in [0.2, 0.25) is 0 Å². The van der Waals surface area contributed by atoms with E-state index in [0.717, 1.165) is 25.9 Å². The van der Waals surface area contributed by atoms with E-state index in [-0.39, 0.29) is 18.3 Å². The highest BCUT2D eigenvalue weighted by Crippen LogP contribution is 2.34. The summed E-state index contributed by atoms with van der Waals surface area (Å²) in [7, 11) is 0. The van der Waals surface area contributed by atoms with E-state index in [9.17, 15) is 13.6 Å². The lowest BCUT2D eigenvalue weighted by Gasteiger charge is -2.37. The third kappa shape index (κ3) is 6.32. The summed E-state index contributed by atoms with van der Waals surface area (Å²) in [5.41, 5.74) is 0.664. The van der Waals surface area contributed by atoms with E-state index >= 15 is 0 Å². The van der Waals surface area contributed by atoms with Crippen molar-refractivity contribution in [1.82, 2.24) is 9.80 Å². The van der Waals surface area contributed by atoms with Gasteiger partial charge in [0.05, 0.1) is 13.2 Å². The fraction of sp³-hybridized carbons (Fsp3) is 0.632. The second kappa shape index (κ2) is 10.4. The van der Waals surface area contributed by atoms with Crippen LogP contribution in [0.4, 0.5) is 8.78 Å². The van der Waals surface area contributed by atoms with Gasteiger partial charge in [-0.1, -0.05) is 19.1 Å². The normalized spacial score (nSPS) is 16.1. The molecule has 152 valence electrons. The molecular formula is C19H28F2N2O4. The highest BCUT2D eigenvalue weighted by atomic mass is 19.3. The molecule has 2 rings (SSSR count). The molecule has 1 aromatic rings. The first-order valence-corrected chi connectivity index (χ1v) is 9.32. The molecule has 0 bridgehead atoms. The predicted octanol–water partition coefficient (Wildman–Crippen LogP) is 3.06. The maximum Gasteiger partial charge on any atom is 0.387 e. The topological polar surface area (TPSA) is 62.2 Å². The van der Waals surface area contributed by atoms with Crippen LogP contribution >= 0.6 is 0 Å². The molecule has 0 radical (unpaired) electrons. The molecule has 1 aliphatic heterocycles. The summed E-state index contributed by atoms with van der Waals surface area (Å²) < 4.78 is 35.8. The molecule has 1 fully saturated rings. The van der Waals surface area contributed by atoms with Gasteiger partial charge in [0.1, 0.15) is 0 Å². The van der Waals surface area contributed by atoms with Crippen molar-refractivity contribution in [2.24, 2.45) is 0 Å². The van der Waals surface area contributed by atoms with Gasteiger partial charge in [-0.05, 0) is 45.5 Å². The smallest absolute Gasteiger partial charge is 0.387 e. The van der Waals surface area contributed by atoms with Crippen LogP contribution in [0.5, 0.6) is 11.5 Å². The fourth-order valence-corrected chi connectivity index (χ4v) is 3.53. The summed E-state index contributed by atoms with van der Waals surface area (Å²) in [6.45, 7) is 3.98. The molecule has 0 aromatic heterocycles. The molecule has 1 saturated heterocycles. The number of hydrogen-bond acceptors (Lipinski definition) is 5. The summed E-state index contributed by atoms with van der Waals surface area (Å²) in [6.07, 6.45) is 1.69. The lowest BCUT2D eigenvalue weighted by molar-refractivity contribution is -0.139. The second-order valence-electron chi connectivity index (χ2n) is 6.52. The number of ether oxygens (including phenoxy) is 2. The zero-order valence-electron chi connectivity index (χ0n) is 15.9. The third-order valence-corrected chi connectivity index (χ3v) is 4.78. The standard InChI is InChI=1S/C19H28F2N2O4/c1-3-23(13-17(24)25)15-8-10-22(11-9-15)12-14-6-5-7-16(26-4-2)18(14)27-19(20)21/h5-7,15,19H,3-4,8-13H2,1-2H3,(H,24,25). The minimum atomic E-state index is -2.91. The molecule has 0 atom stereocenters. The largest absolute Gasteiger partial charge is 0.490 e. The first-order valence-electron chi connectivity index (χ1n) is 9.32. The number of aliphatic carboxylic acids is 1. The van der Waals surface area contributed by atoms with Crippen LogP contribution in [0.25, 0.3) is 0 Å². The molecule has 1 aromatic carbocycles. The first-order chi connectivity index (χ1) is 12.9. The van der Waals surface area contributed by atoms with Crippen molar-refractivity contribution < 1.29 is 28.2 Å². The average Bonchev–Trinajstić information content (AvgIpc) is 2.63. The quantitative estimate of drug-likeness (QED) is 0.667. The predicted molar refractivity (Wildman–Crippen MR) is 97.4 cm³/mol. The number of carboxylic acid groups (broad SMARTS) is 1. The van der Waals surface area contributed by atoms with Crippen molar-refractivity contribution in [3.05, 3.63) is 23.8 Å². The van der Waals surface area contributed by atoms with E-state index in [2.05, 4.69) is 4.90 Å². The van der Waals surface area contributed by atoms with Gasteiger partial charge < -0.3 is 14.6 Å². The minimum absolute atomic E-state index is 0.0456. The number of likely N-dealkylation sites (N-methyl/N-ethyl adjacent to an activating group) is 1. The number of likely N-dealkylation sites (tertiary alicyclic amines) is 1. The molecular weight excluding hydrogens is 358 g/mol. The van der Waals surface area contributed by atoms with Gasteiger partial charge in [0, 0.05) is 18.2 Å². The van der Waals surface area contributed by atoms with Crippen LogP contribution in [-0.2, 0) is 11.3 Å². The van der Waals surface area contributed by atoms with Crippen molar-refractivity contribution in [3.8, 4) is 11.5 Å². The van der Waals surface area contributed by atoms with Gasteiger partial charge in [-0.25, -0.2) is 0 Å². The Kier molecular flexibility index (Phi) is 8.24. The van der Waals surface area contributed by atoms with Crippen LogP contribution in [0.2, 0.25) is 0 Å². The lowest BCUT2D eigenvalue weighted by Crippen LogP contribution is -2.46. The molecule has 1 aliphatic rings. The van der Waals surface area contributed by atoms with E-state index in [1.807, 2.05) is 11.8 Å². The van der Waals surface area contributed by atoms with Gasteiger partial charge in [-0.3, -0.25) is 14.6 Å². The summed E-state index contributed by atoms with van der Waals surface area (Å²) in [4.78, 5) is 15.1. The molecule has 1 heterocycles. The van der Waals surface area contributed by atoms with E-state index in [1.54, 1.807) is 25.1 Å². The molecule has 27 heavy (non-hydrogen) atoms. The van der Waals surface area contributed by atoms with E-state index < -0.39 is 12.6 Å². The Morgan fingerprint density at radius 2 is 2.04 bits per heavy atom. The first kappa shape index (κ1) is 21.4. The molecule has 8 heteroatoms. The van der Waals surface area contributed by atoms with Crippen molar-refractivity contribution >= 4 is 5.97 Å². The molecule has 0 amide bonds. The van der Waals surface area contributed by atoms with Gasteiger partial charge in [0.15, 0.2) is 11.5 Å². The number of benzene rings is 1. The van der Waals surface area contributed by atoms with Gasteiger partial charge >= 0.3 is 12.6 Å². The Labute approximate surface area is 158 Å². The van der Waals surface area contributed by atoms with Crippen LogP contribution in [0.15, 0.2) is 18.2 Å². The minimum Gasteiger partial charge on any atom is -0.490 e. The van der Waals surface area contributed by atoms with Crippen LogP contribution in [0.3, 0.4) is 0 Å². The number of carbonyl (C=O) groups is 1. The Bertz CT molecular complexity index is 607. The highest BCUT2D eigenvalue weighted by Gasteiger charge is 2.26. The lowest BCUT2D eigenvalue weighted by atomic mass is 10.0. The summed E-state index contributed by atoms with van der Waals surface area (Å²) in [5, 5.41) is 9.03. The van der Waals surface area contributed by atoms with Gasteiger partial charge in [0.25, 0.3) is 0 Å². The third-order valence-electron chi connectivity index (χ3n) is 4.78. The number of para-hydroxylation sites is 1. The van der Waals surface area contributed by atoms with Crippen LogP contribution < -0.4 is 9.47 Å². The molecule has 1 N–H and O–H groups in total. The van der Waals surface area contributed by atoms with Gasteiger partial charge in [-0.15, -0.1) is 0 Å². The zero-order chi connectivity index (χ0) is 19.8. The molecule has 0 aliphatic carbocycles. The van der Waals surface area contributed by atoms with E-state index in [4.69, 9.17) is 14.6 Å². The SMILES string of the molecule is CCOc1cccc(CN2CCC(N(CC)CC(=O)O)CC2)c1OC(F)F. The molecule has 0 unspecified atom stereocenters. The van der Waals surface area contributed by atoms with Crippen LogP contribution in [0.1, 0.15) is 32.3 Å². The maximum atomic E-state index is 12.8. The number of rotatable bonds is 10. The van der Waals surface area contributed by atoms with Crippen molar-refractivity contribution in [1.29, 1.82) is 0 Å². The van der Waals surface area contributed by atoms with Crippen LogP contribution in [0, 0.1) is 0 Å². The second-order valence-corrected chi connectivity index (χ2v) is 6.52. The summed E-state index contributed by atoms with van der Waals surface area (Å²) >= 11 is 0. The number of hydrogen-bond donors (Lipinski definition) is 1. The Hall–Kier alpha value is -1.93. The maximum absolute atomic E-state index is 12.8. The summed E-state index contributed by atoms with van der Waals surface area (Å²) in [6, 6.07) is 5.41. The van der Waals surface area contributed by atoms with Gasteiger partial charge in [-0.2, -0.15) is 8.78 Å². The number of halogens is 2. The molecule has 0 saturated carbocycles. The average molecular weight is 386 g/mol. The van der Waals surface area contributed by atoms with E-state index in [0.29, 0.717) is 31.0 Å². The number of alkyl halides is 2. The van der Waals surface area contributed by atoms with Crippen molar-refractivity contribution in [2.75, 3.05) is 32.8 Å². The Balaban J connectivity index is 2.02. The monoisotopic (exact) mass is 386 g/mol. The van der Waals surface area contributed by atoms with Crippen molar-refractivity contribution in [3.63, 3.8) is 0 Å². The van der Waals surface area contributed by atoms with Crippen molar-refractivity contribution in [2.45, 2.75) is 45.9 Å². The highest BCUT2D eigenvalue weighted by molar-refractivity contribution is 5.69. The van der Waals surface area contributed by atoms with E-state index in [1.165, 1.54) is 0 Å². The number of piperidine rings is 1. The molecule has 0 spiro atoms. The van der Waals surface area contributed by atoms with Crippen LogP contribution in [-0.4, -0.2) is 66.3 Å². The Morgan fingerprint density at radius 3 is 2.59 bits per heavy atom. The molecule has 6 nitrogen and oxygen atoms in total. The zero-order valence-corrected chi connectivity index (χ0v) is 15.9. The number of carboxylic acids is 1. The summed E-state index contributed by atoms with van der Waals surface area (Å²) in [5.74, 6) is -0.401.